The Bertz CT molecular complexity index is 1430. The molecular formula is C30H31N2O2S+. The number of nitrogens with one attached hydrogen (secondary N) is 1. The van der Waals surface area contributed by atoms with Gasteiger partial charge in [0.1, 0.15) is 0 Å². The van der Waals surface area contributed by atoms with E-state index < -0.39 is 10.0 Å². The van der Waals surface area contributed by atoms with Crippen molar-refractivity contribution in [3.8, 4) is 11.3 Å². The first-order valence-corrected chi connectivity index (χ1v) is 13.1. The molecule has 0 saturated heterocycles. The lowest BCUT2D eigenvalue weighted by atomic mass is 9.86. The molecule has 178 valence electrons. The summed E-state index contributed by atoms with van der Waals surface area (Å²) in [7, 11) is -3.73. The second-order valence-corrected chi connectivity index (χ2v) is 11.3. The highest BCUT2D eigenvalue weighted by Gasteiger charge is 2.22. The Morgan fingerprint density at radius 2 is 1.43 bits per heavy atom. The molecule has 1 heterocycles. The van der Waals surface area contributed by atoms with E-state index in [1.807, 2.05) is 66.2 Å². The molecule has 3 aromatic carbocycles. The van der Waals surface area contributed by atoms with E-state index in [-0.39, 0.29) is 10.3 Å². The number of nitrogens with zero attached hydrogens (tertiary/aromatic N) is 1. The third-order valence-corrected chi connectivity index (χ3v) is 7.24. The molecule has 1 aromatic heterocycles. The van der Waals surface area contributed by atoms with Gasteiger partial charge in [0.15, 0.2) is 6.20 Å². The lowest BCUT2D eigenvalue weighted by molar-refractivity contribution is -0.567. The summed E-state index contributed by atoms with van der Waals surface area (Å²) in [5.41, 5.74) is 5.94. The number of benzene rings is 3. The minimum Gasteiger partial charge on any atom is -0.280 e. The van der Waals surface area contributed by atoms with Gasteiger partial charge < -0.3 is 0 Å². The van der Waals surface area contributed by atoms with E-state index in [0.717, 1.165) is 28.1 Å². The van der Waals surface area contributed by atoms with E-state index in [4.69, 9.17) is 0 Å². The number of hydrogen-bond acceptors (Lipinski definition) is 2. The molecule has 0 saturated carbocycles. The van der Waals surface area contributed by atoms with E-state index in [2.05, 4.69) is 49.8 Å². The van der Waals surface area contributed by atoms with Crippen molar-refractivity contribution in [2.45, 2.75) is 38.0 Å². The molecule has 0 radical (unpaired) electrons. The van der Waals surface area contributed by atoms with Crippen molar-refractivity contribution in [1.82, 2.24) is 4.72 Å². The summed E-state index contributed by atoms with van der Waals surface area (Å²) in [5.74, 6) is 0. The Morgan fingerprint density at radius 3 is 2.06 bits per heavy atom. The van der Waals surface area contributed by atoms with Gasteiger partial charge in [-0.2, -0.15) is 4.57 Å². The Labute approximate surface area is 208 Å². The van der Waals surface area contributed by atoms with Crippen molar-refractivity contribution in [3.63, 3.8) is 0 Å². The molecule has 4 rings (SSSR count). The van der Waals surface area contributed by atoms with Gasteiger partial charge in [-0.05, 0) is 60.4 Å². The summed E-state index contributed by atoms with van der Waals surface area (Å²) in [6.45, 7) is 8.52. The summed E-state index contributed by atoms with van der Waals surface area (Å²) in [6, 6.07) is 31.1. The topological polar surface area (TPSA) is 50.1 Å². The van der Waals surface area contributed by atoms with E-state index in [1.54, 1.807) is 30.5 Å². The molecular weight excluding hydrogens is 452 g/mol. The number of aryl methyl sites for hydroxylation is 1. The molecule has 0 aliphatic heterocycles. The zero-order chi connectivity index (χ0) is 25.1. The van der Waals surface area contributed by atoms with Crippen molar-refractivity contribution in [1.29, 1.82) is 0 Å². The summed E-state index contributed by atoms with van der Waals surface area (Å²) in [6.07, 6.45) is 3.52. The zero-order valence-corrected chi connectivity index (χ0v) is 21.4. The smallest absolute Gasteiger partial charge is 0.261 e. The molecule has 35 heavy (non-hydrogen) atoms. The van der Waals surface area contributed by atoms with Crippen LogP contribution in [0.4, 0.5) is 0 Å². The molecule has 0 aliphatic rings. The molecule has 0 fully saturated rings. The van der Waals surface area contributed by atoms with Gasteiger partial charge in [-0.25, -0.2) is 8.42 Å². The fourth-order valence-corrected chi connectivity index (χ4v) is 4.75. The fourth-order valence-electron chi connectivity index (χ4n) is 3.85. The Kier molecular flexibility index (Phi) is 6.90. The Morgan fingerprint density at radius 1 is 0.800 bits per heavy atom. The van der Waals surface area contributed by atoms with Crippen LogP contribution in [0.2, 0.25) is 0 Å². The molecule has 5 heteroatoms. The second-order valence-electron chi connectivity index (χ2n) is 9.61. The van der Waals surface area contributed by atoms with E-state index >= 15 is 0 Å². The van der Waals surface area contributed by atoms with Gasteiger partial charge in [-0.15, -0.1) is 0 Å². The molecule has 4 nitrogen and oxygen atoms in total. The molecule has 4 aromatic rings. The Hall–Kier alpha value is -3.70. The average Bonchev–Trinajstić information content (AvgIpc) is 2.85. The Balaban J connectivity index is 1.80. The van der Waals surface area contributed by atoms with Crippen LogP contribution in [0.1, 0.15) is 37.5 Å². The van der Waals surface area contributed by atoms with Gasteiger partial charge in [0.05, 0.1) is 11.1 Å². The van der Waals surface area contributed by atoms with Crippen LogP contribution in [-0.2, 0) is 15.4 Å². The molecule has 0 spiro atoms. The molecule has 0 atom stereocenters. The normalized spacial score (nSPS) is 12.4. The van der Waals surface area contributed by atoms with Crippen LogP contribution in [0.25, 0.3) is 17.0 Å². The highest BCUT2D eigenvalue weighted by atomic mass is 32.2. The maximum absolute atomic E-state index is 13.0. The van der Waals surface area contributed by atoms with E-state index in [0.29, 0.717) is 0 Å². The van der Waals surface area contributed by atoms with E-state index in [9.17, 15) is 8.42 Å². The van der Waals surface area contributed by atoms with Gasteiger partial charge in [-0.3, -0.25) is 4.72 Å². The summed E-state index contributed by atoms with van der Waals surface area (Å²) in [5, 5.41) is 0. The fraction of sp³-hybridized carbons (Fsp3) is 0.167. The monoisotopic (exact) mass is 483 g/mol. The number of aromatic nitrogens is 1. The minimum atomic E-state index is -3.73. The quantitative estimate of drug-likeness (QED) is 0.338. The van der Waals surface area contributed by atoms with Crippen LogP contribution in [0, 0.1) is 6.92 Å². The number of sulfonamides is 1. The van der Waals surface area contributed by atoms with Crippen molar-refractivity contribution in [2.24, 2.45) is 0 Å². The summed E-state index contributed by atoms with van der Waals surface area (Å²) >= 11 is 0. The second kappa shape index (κ2) is 9.88. The predicted molar refractivity (Wildman–Crippen MR) is 142 cm³/mol. The van der Waals surface area contributed by atoms with Crippen molar-refractivity contribution >= 4 is 15.7 Å². The highest BCUT2D eigenvalue weighted by Crippen LogP contribution is 2.26. The van der Waals surface area contributed by atoms with E-state index in [1.165, 1.54) is 5.56 Å². The van der Waals surface area contributed by atoms with Crippen LogP contribution in [0.5, 0.6) is 0 Å². The zero-order valence-electron chi connectivity index (χ0n) is 20.6. The lowest BCUT2D eigenvalue weighted by Gasteiger charge is -2.19. The highest BCUT2D eigenvalue weighted by molar-refractivity contribution is 7.89. The van der Waals surface area contributed by atoms with Gasteiger partial charge >= 0.3 is 0 Å². The predicted octanol–water partition coefficient (Wildman–Crippen LogP) is 6.07. The summed E-state index contributed by atoms with van der Waals surface area (Å²) < 4.78 is 30.8. The first-order valence-electron chi connectivity index (χ1n) is 11.6. The molecule has 0 bridgehead atoms. The molecule has 0 amide bonds. The van der Waals surface area contributed by atoms with Crippen LogP contribution in [0.15, 0.2) is 114 Å². The first kappa shape index (κ1) is 24.4. The van der Waals surface area contributed by atoms with Crippen LogP contribution < -0.4 is 9.29 Å². The number of hydrogen-bond donors (Lipinski definition) is 1. The average molecular weight is 484 g/mol. The van der Waals surface area contributed by atoms with Crippen molar-refractivity contribution in [2.75, 3.05) is 0 Å². The van der Waals surface area contributed by atoms with Crippen LogP contribution >= 0.6 is 0 Å². The standard InChI is InChI=1S/C30H31N2O2S/c1-23-13-19-27(20-14-23)35(33,34)31-22-29(24-10-6-5-7-11-24)32-21-9-8-12-28(32)25-15-17-26(18-16-25)30(2,3)4/h5-22,31H,1-4H3/q+1/b29-22-. The van der Waals surface area contributed by atoms with Crippen LogP contribution in [-0.4, -0.2) is 8.42 Å². The molecule has 0 aliphatic carbocycles. The third-order valence-electron chi connectivity index (χ3n) is 5.92. The van der Waals surface area contributed by atoms with Gasteiger partial charge in [-0.1, -0.05) is 68.8 Å². The van der Waals surface area contributed by atoms with Crippen molar-refractivity contribution < 1.29 is 13.0 Å². The molecule has 1 N–H and O–H groups in total. The van der Waals surface area contributed by atoms with Crippen LogP contribution in [0.3, 0.4) is 0 Å². The SMILES string of the molecule is Cc1ccc(S(=O)(=O)N/C=C(/c2ccccc2)[n+]2ccccc2-c2ccc(C(C)(C)C)cc2)cc1. The lowest BCUT2D eigenvalue weighted by Crippen LogP contribution is -2.36. The minimum absolute atomic E-state index is 0.0640. The van der Waals surface area contributed by atoms with Gasteiger partial charge in [0.2, 0.25) is 11.4 Å². The van der Waals surface area contributed by atoms with Crippen molar-refractivity contribution in [3.05, 3.63) is 126 Å². The van der Waals surface area contributed by atoms with Gasteiger partial charge in [0.25, 0.3) is 10.0 Å². The molecule has 0 unspecified atom stereocenters. The third kappa shape index (κ3) is 5.69. The van der Waals surface area contributed by atoms with Gasteiger partial charge in [0, 0.05) is 23.3 Å². The number of rotatable bonds is 6. The maximum atomic E-state index is 13.0. The first-order chi connectivity index (χ1) is 16.6. The maximum Gasteiger partial charge on any atom is 0.261 e. The largest absolute Gasteiger partial charge is 0.280 e. The summed E-state index contributed by atoms with van der Waals surface area (Å²) in [4.78, 5) is 0.225. The number of pyridine rings is 1.